The van der Waals surface area contributed by atoms with Crippen molar-refractivity contribution in [3.8, 4) is 0 Å². The van der Waals surface area contributed by atoms with Crippen LogP contribution in [0.4, 0.5) is 0 Å². The highest BCUT2D eigenvalue weighted by Gasteiger charge is 2.14. The van der Waals surface area contributed by atoms with Crippen molar-refractivity contribution >= 4 is 5.97 Å². The van der Waals surface area contributed by atoms with E-state index in [-0.39, 0.29) is 6.04 Å². The van der Waals surface area contributed by atoms with Crippen molar-refractivity contribution < 1.29 is 9.90 Å². The highest BCUT2D eigenvalue weighted by molar-refractivity contribution is 5.89. The van der Waals surface area contributed by atoms with E-state index in [4.69, 9.17) is 10.8 Å². The Bertz CT molecular complexity index is 336. The van der Waals surface area contributed by atoms with Crippen molar-refractivity contribution in [2.45, 2.75) is 32.2 Å². The molecule has 3 nitrogen and oxygen atoms in total. The van der Waals surface area contributed by atoms with Gasteiger partial charge in [0, 0.05) is 6.04 Å². The Morgan fingerprint density at radius 2 is 2.13 bits per heavy atom. The van der Waals surface area contributed by atoms with E-state index in [9.17, 15) is 4.79 Å². The number of benzene rings is 1. The van der Waals surface area contributed by atoms with Gasteiger partial charge in [0.15, 0.2) is 0 Å². The number of rotatable bonds is 5. The molecule has 1 atom stereocenters. The Kier molecular flexibility index (Phi) is 4.31. The van der Waals surface area contributed by atoms with E-state index < -0.39 is 5.97 Å². The van der Waals surface area contributed by atoms with Gasteiger partial charge in [-0.05, 0) is 18.1 Å². The van der Waals surface area contributed by atoms with E-state index in [1.165, 1.54) is 0 Å². The van der Waals surface area contributed by atoms with Gasteiger partial charge in [-0.2, -0.15) is 0 Å². The summed E-state index contributed by atoms with van der Waals surface area (Å²) < 4.78 is 0. The Morgan fingerprint density at radius 1 is 1.47 bits per heavy atom. The molecule has 1 aromatic carbocycles. The van der Waals surface area contributed by atoms with Gasteiger partial charge in [0.1, 0.15) is 0 Å². The lowest BCUT2D eigenvalue weighted by molar-refractivity contribution is 0.0695. The van der Waals surface area contributed by atoms with E-state index in [1.54, 1.807) is 18.2 Å². The van der Waals surface area contributed by atoms with Crippen molar-refractivity contribution in [1.82, 2.24) is 0 Å². The average molecular weight is 207 g/mol. The molecule has 0 aliphatic rings. The lowest BCUT2D eigenvalue weighted by Crippen LogP contribution is -2.14. The number of nitrogens with two attached hydrogens (primary N) is 1. The van der Waals surface area contributed by atoms with Crippen LogP contribution in [0.25, 0.3) is 0 Å². The molecule has 0 aromatic heterocycles. The van der Waals surface area contributed by atoms with Crippen LogP contribution in [0.15, 0.2) is 24.3 Å². The predicted octanol–water partition coefficient (Wildman–Crippen LogP) is 2.57. The number of hydrogen-bond donors (Lipinski definition) is 2. The van der Waals surface area contributed by atoms with Crippen LogP contribution in [0.1, 0.15) is 48.1 Å². The molecule has 3 N–H and O–H groups in total. The molecule has 0 heterocycles. The maximum atomic E-state index is 10.9. The van der Waals surface area contributed by atoms with Crippen molar-refractivity contribution in [3.05, 3.63) is 35.4 Å². The molecule has 3 heteroatoms. The SMILES string of the molecule is CCCC[C@@H](N)c1ccccc1C(=O)O. The molecule has 15 heavy (non-hydrogen) atoms. The number of carbonyl (C=O) groups is 1. The summed E-state index contributed by atoms with van der Waals surface area (Å²) in [6.45, 7) is 2.09. The molecule has 0 radical (unpaired) electrons. The summed E-state index contributed by atoms with van der Waals surface area (Å²) in [4.78, 5) is 10.9. The Labute approximate surface area is 89.9 Å². The fraction of sp³-hybridized carbons (Fsp3) is 0.417. The van der Waals surface area contributed by atoms with Crippen LogP contribution in [0, 0.1) is 0 Å². The van der Waals surface area contributed by atoms with Crippen LogP contribution in [0.5, 0.6) is 0 Å². The zero-order valence-corrected chi connectivity index (χ0v) is 8.94. The molecule has 0 fully saturated rings. The molecule has 1 rings (SSSR count). The molecule has 82 valence electrons. The smallest absolute Gasteiger partial charge is 0.336 e. The number of carboxylic acids is 1. The molecular formula is C12H17NO2. The summed E-state index contributed by atoms with van der Waals surface area (Å²) >= 11 is 0. The summed E-state index contributed by atoms with van der Waals surface area (Å²) in [7, 11) is 0. The maximum Gasteiger partial charge on any atom is 0.336 e. The van der Waals surface area contributed by atoms with E-state index in [0.717, 1.165) is 24.8 Å². The van der Waals surface area contributed by atoms with Crippen LogP contribution in [0.3, 0.4) is 0 Å². The van der Waals surface area contributed by atoms with Crippen LogP contribution >= 0.6 is 0 Å². The molecule has 0 saturated heterocycles. The van der Waals surface area contributed by atoms with Gasteiger partial charge < -0.3 is 10.8 Å². The van der Waals surface area contributed by atoms with E-state index in [1.807, 2.05) is 6.07 Å². The lowest BCUT2D eigenvalue weighted by atomic mass is 9.97. The number of carboxylic acid groups (broad SMARTS) is 1. The topological polar surface area (TPSA) is 63.3 Å². The first kappa shape index (κ1) is 11.7. The second kappa shape index (κ2) is 5.51. The van der Waals surface area contributed by atoms with Crippen molar-refractivity contribution in [2.24, 2.45) is 5.73 Å². The minimum atomic E-state index is -0.905. The highest BCUT2D eigenvalue weighted by atomic mass is 16.4. The first-order chi connectivity index (χ1) is 7.16. The Balaban J connectivity index is 2.87. The molecule has 1 aromatic rings. The van der Waals surface area contributed by atoms with Gasteiger partial charge in [-0.25, -0.2) is 4.79 Å². The van der Waals surface area contributed by atoms with Gasteiger partial charge in [-0.1, -0.05) is 38.0 Å². The minimum absolute atomic E-state index is 0.169. The minimum Gasteiger partial charge on any atom is -0.478 e. The highest BCUT2D eigenvalue weighted by Crippen LogP contribution is 2.20. The van der Waals surface area contributed by atoms with E-state index in [2.05, 4.69) is 6.92 Å². The molecule has 0 saturated carbocycles. The first-order valence-electron chi connectivity index (χ1n) is 5.24. The van der Waals surface area contributed by atoms with Crippen LogP contribution in [-0.2, 0) is 0 Å². The van der Waals surface area contributed by atoms with Gasteiger partial charge in [-0.3, -0.25) is 0 Å². The molecule has 0 aliphatic heterocycles. The normalized spacial score (nSPS) is 12.4. The third-order valence-corrected chi connectivity index (χ3v) is 2.46. The summed E-state index contributed by atoms with van der Waals surface area (Å²) in [5.41, 5.74) is 7.01. The standard InChI is InChI=1S/C12H17NO2/c1-2-3-8-11(13)9-6-4-5-7-10(9)12(14)15/h4-7,11H,2-3,8,13H2,1H3,(H,14,15)/t11-/m1/s1. The van der Waals surface area contributed by atoms with Crippen LogP contribution in [0.2, 0.25) is 0 Å². The van der Waals surface area contributed by atoms with Gasteiger partial charge in [-0.15, -0.1) is 0 Å². The Morgan fingerprint density at radius 3 is 2.73 bits per heavy atom. The van der Waals surface area contributed by atoms with E-state index >= 15 is 0 Å². The van der Waals surface area contributed by atoms with Gasteiger partial charge in [0.2, 0.25) is 0 Å². The average Bonchev–Trinajstić information content (AvgIpc) is 2.25. The monoisotopic (exact) mass is 207 g/mol. The summed E-state index contributed by atoms with van der Waals surface area (Å²) in [6.07, 6.45) is 2.93. The van der Waals surface area contributed by atoms with E-state index in [0.29, 0.717) is 5.56 Å². The molecular weight excluding hydrogens is 190 g/mol. The lowest BCUT2D eigenvalue weighted by Gasteiger charge is -2.13. The molecule has 0 bridgehead atoms. The van der Waals surface area contributed by atoms with Crippen molar-refractivity contribution in [2.75, 3.05) is 0 Å². The molecule has 0 amide bonds. The quantitative estimate of drug-likeness (QED) is 0.780. The van der Waals surface area contributed by atoms with Crippen LogP contribution < -0.4 is 5.73 Å². The first-order valence-corrected chi connectivity index (χ1v) is 5.24. The molecule has 0 unspecified atom stereocenters. The largest absolute Gasteiger partial charge is 0.478 e. The Hall–Kier alpha value is -1.35. The number of hydrogen-bond acceptors (Lipinski definition) is 2. The number of aromatic carboxylic acids is 1. The van der Waals surface area contributed by atoms with Crippen molar-refractivity contribution in [3.63, 3.8) is 0 Å². The van der Waals surface area contributed by atoms with Crippen molar-refractivity contribution in [1.29, 1.82) is 0 Å². The fourth-order valence-corrected chi connectivity index (χ4v) is 1.59. The molecule has 0 spiro atoms. The zero-order chi connectivity index (χ0) is 11.3. The fourth-order valence-electron chi connectivity index (χ4n) is 1.59. The third kappa shape index (κ3) is 3.06. The predicted molar refractivity (Wildman–Crippen MR) is 59.9 cm³/mol. The second-order valence-corrected chi connectivity index (χ2v) is 3.64. The van der Waals surface area contributed by atoms with Gasteiger partial charge in [0.05, 0.1) is 5.56 Å². The molecule has 0 aliphatic carbocycles. The van der Waals surface area contributed by atoms with Gasteiger partial charge in [0.25, 0.3) is 0 Å². The van der Waals surface area contributed by atoms with Gasteiger partial charge >= 0.3 is 5.97 Å². The maximum absolute atomic E-state index is 10.9. The van der Waals surface area contributed by atoms with Crippen LogP contribution in [-0.4, -0.2) is 11.1 Å². The third-order valence-electron chi connectivity index (χ3n) is 2.46. The summed E-state index contributed by atoms with van der Waals surface area (Å²) in [5.74, 6) is -0.905. The summed E-state index contributed by atoms with van der Waals surface area (Å²) in [5, 5.41) is 8.98. The second-order valence-electron chi connectivity index (χ2n) is 3.64. The summed E-state index contributed by atoms with van der Waals surface area (Å²) in [6, 6.07) is 6.78. The zero-order valence-electron chi connectivity index (χ0n) is 8.94. The number of unbranched alkanes of at least 4 members (excludes halogenated alkanes) is 1.